The molecule has 110 valence electrons. The molecule has 0 amide bonds. The van der Waals surface area contributed by atoms with E-state index in [9.17, 15) is 4.79 Å². The summed E-state index contributed by atoms with van der Waals surface area (Å²) in [6.45, 7) is 6.91. The third-order valence-electron chi connectivity index (χ3n) is 3.93. The third kappa shape index (κ3) is 3.24. The summed E-state index contributed by atoms with van der Waals surface area (Å²) < 4.78 is 4.80. The monoisotopic (exact) mass is 283 g/mol. The van der Waals surface area contributed by atoms with Crippen LogP contribution in [0.3, 0.4) is 0 Å². The van der Waals surface area contributed by atoms with Gasteiger partial charge in [-0.1, -0.05) is 24.3 Å². The highest BCUT2D eigenvalue weighted by molar-refractivity contribution is 5.92. The van der Waals surface area contributed by atoms with Crippen LogP contribution in [0.2, 0.25) is 0 Å². The molecule has 0 spiro atoms. The molecule has 0 fully saturated rings. The maximum atomic E-state index is 11.7. The number of aryl methyl sites for hydroxylation is 1. The fourth-order valence-corrected chi connectivity index (χ4v) is 2.35. The Balaban J connectivity index is 2.21. The van der Waals surface area contributed by atoms with Gasteiger partial charge in [-0.15, -0.1) is 0 Å². The van der Waals surface area contributed by atoms with Gasteiger partial charge in [0.1, 0.15) is 0 Å². The van der Waals surface area contributed by atoms with Crippen LogP contribution < -0.4 is 5.32 Å². The SMILES string of the molecule is COC(=O)c1cccc(NCc2cccc(C)c2C)c1C. The van der Waals surface area contributed by atoms with Gasteiger partial charge in [0.15, 0.2) is 0 Å². The molecule has 2 rings (SSSR count). The Bertz CT molecular complexity index is 662. The van der Waals surface area contributed by atoms with Gasteiger partial charge in [0.05, 0.1) is 12.7 Å². The van der Waals surface area contributed by atoms with Crippen LogP contribution in [0.5, 0.6) is 0 Å². The molecular formula is C18H21NO2. The van der Waals surface area contributed by atoms with Gasteiger partial charge < -0.3 is 10.1 Å². The average Bonchev–Trinajstić information content (AvgIpc) is 2.49. The number of hydrogen-bond donors (Lipinski definition) is 1. The van der Waals surface area contributed by atoms with Crippen molar-refractivity contribution in [2.45, 2.75) is 27.3 Å². The average molecular weight is 283 g/mol. The summed E-state index contributed by atoms with van der Waals surface area (Å²) in [5.74, 6) is -0.303. The summed E-state index contributed by atoms with van der Waals surface area (Å²) in [6.07, 6.45) is 0. The molecule has 3 heteroatoms. The van der Waals surface area contributed by atoms with Crippen LogP contribution in [-0.4, -0.2) is 13.1 Å². The smallest absolute Gasteiger partial charge is 0.338 e. The van der Waals surface area contributed by atoms with Crippen LogP contribution in [0.4, 0.5) is 5.69 Å². The number of anilines is 1. The second kappa shape index (κ2) is 6.44. The van der Waals surface area contributed by atoms with Crippen molar-refractivity contribution in [3.8, 4) is 0 Å². The van der Waals surface area contributed by atoms with Crippen LogP contribution >= 0.6 is 0 Å². The van der Waals surface area contributed by atoms with Gasteiger partial charge in [0.2, 0.25) is 0 Å². The van der Waals surface area contributed by atoms with Crippen LogP contribution in [0.1, 0.15) is 32.6 Å². The first-order valence-corrected chi connectivity index (χ1v) is 7.01. The molecule has 3 nitrogen and oxygen atoms in total. The van der Waals surface area contributed by atoms with E-state index in [1.54, 1.807) is 6.07 Å². The van der Waals surface area contributed by atoms with E-state index < -0.39 is 0 Å². The number of rotatable bonds is 4. The van der Waals surface area contributed by atoms with Crippen LogP contribution in [0.25, 0.3) is 0 Å². The molecule has 0 heterocycles. The number of nitrogens with one attached hydrogen (secondary N) is 1. The lowest BCUT2D eigenvalue weighted by Gasteiger charge is -2.14. The predicted octanol–water partition coefficient (Wildman–Crippen LogP) is 4.01. The molecule has 0 aliphatic carbocycles. The van der Waals surface area contributed by atoms with E-state index in [2.05, 4.69) is 37.4 Å². The summed E-state index contributed by atoms with van der Waals surface area (Å²) >= 11 is 0. The van der Waals surface area contributed by atoms with E-state index in [-0.39, 0.29) is 5.97 Å². The molecule has 2 aromatic carbocycles. The minimum absolute atomic E-state index is 0.303. The molecule has 1 N–H and O–H groups in total. The fourth-order valence-electron chi connectivity index (χ4n) is 2.35. The zero-order valence-corrected chi connectivity index (χ0v) is 13.0. The highest BCUT2D eigenvalue weighted by Gasteiger charge is 2.11. The summed E-state index contributed by atoms with van der Waals surface area (Å²) in [7, 11) is 1.40. The molecule has 0 saturated heterocycles. The molecule has 0 radical (unpaired) electrons. The third-order valence-corrected chi connectivity index (χ3v) is 3.93. The molecule has 0 unspecified atom stereocenters. The van der Waals surface area contributed by atoms with E-state index in [4.69, 9.17) is 4.74 Å². The summed E-state index contributed by atoms with van der Waals surface area (Å²) in [4.78, 5) is 11.7. The quantitative estimate of drug-likeness (QED) is 0.862. The Hall–Kier alpha value is -2.29. The predicted molar refractivity (Wildman–Crippen MR) is 85.8 cm³/mol. The number of hydrogen-bond acceptors (Lipinski definition) is 3. The second-order valence-electron chi connectivity index (χ2n) is 5.18. The summed E-state index contributed by atoms with van der Waals surface area (Å²) in [5.41, 5.74) is 6.32. The van der Waals surface area contributed by atoms with Crippen LogP contribution in [-0.2, 0) is 11.3 Å². The summed E-state index contributed by atoms with van der Waals surface area (Å²) in [5, 5.41) is 3.41. The van der Waals surface area contributed by atoms with Gasteiger partial charge >= 0.3 is 5.97 Å². The first-order valence-electron chi connectivity index (χ1n) is 7.01. The van der Waals surface area contributed by atoms with Crippen molar-refractivity contribution in [3.05, 3.63) is 64.2 Å². The van der Waals surface area contributed by atoms with Gasteiger partial charge in [-0.05, 0) is 55.2 Å². The first kappa shape index (κ1) is 15.1. The van der Waals surface area contributed by atoms with E-state index in [0.29, 0.717) is 5.56 Å². The Morgan fingerprint density at radius 1 is 1.05 bits per heavy atom. The summed E-state index contributed by atoms with van der Waals surface area (Å²) in [6, 6.07) is 11.9. The Kier molecular flexibility index (Phi) is 4.63. The van der Waals surface area contributed by atoms with Crippen LogP contribution in [0, 0.1) is 20.8 Å². The molecule has 0 aliphatic rings. The number of carbonyl (C=O) groups is 1. The van der Waals surface area contributed by atoms with E-state index >= 15 is 0 Å². The van der Waals surface area contributed by atoms with Gasteiger partial charge in [0.25, 0.3) is 0 Å². The number of benzene rings is 2. The topological polar surface area (TPSA) is 38.3 Å². The number of carbonyl (C=O) groups excluding carboxylic acids is 1. The molecular weight excluding hydrogens is 262 g/mol. The van der Waals surface area contributed by atoms with Crippen molar-refractivity contribution < 1.29 is 9.53 Å². The fraction of sp³-hybridized carbons (Fsp3) is 0.278. The number of methoxy groups -OCH3 is 1. The van der Waals surface area contributed by atoms with Crippen molar-refractivity contribution in [1.82, 2.24) is 0 Å². The molecule has 0 aromatic heterocycles. The molecule has 0 atom stereocenters. The van der Waals surface area contributed by atoms with Gasteiger partial charge in [-0.25, -0.2) is 4.79 Å². The largest absolute Gasteiger partial charge is 0.465 e. The molecule has 0 bridgehead atoms. The van der Waals surface area contributed by atoms with Crippen molar-refractivity contribution in [1.29, 1.82) is 0 Å². The van der Waals surface area contributed by atoms with Crippen molar-refractivity contribution in [3.63, 3.8) is 0 Å². The van der Waals surface area contributed by atoms with E-state index in [1.807, 2.05) is 19.1 Å². The minimum Gasteiger partial charge on any atom is -0.465 e. The maximum Gasteiger partial charge on any atom is 0.338 e. The van der Waals surface area contributed by atoms with Crippen molar-refractivity contribution in [2.24, 2.45) is 0 Å². The van der Waals surface area contributed by atoms with E-state index in [1.165, 1.54) is 23.8 Å². The van der Waals surface area contributed by atoms with Crippen molar-refractivity contribution in [2.75, 3.05) is 12.4 Å². The molecule has 0 aliphatic heterocycles. The zero-order chi connectivity index (χ0) is 15.4. The zero-order valence-electron chi connectivity index (χ0n) is 13.0. The molecule has 21 heavy (non-hydrogen) atoms. The second-order valence-corrected chi connectivity index (χ2v) is 5.18. The standard InChI is InChI=1S/C18H21NO2/c1-12-7-5-8-15(13(12)2)11-19-17-10-6-9-16(14(17)3)18(20)21-4/h5-10,19H,11H2,1-4H3. The van der Waals surface area contributed by atoms with Crippen molar-refractivity contribution >= 4 is 11.7 Å². The van der Waals surface area contributed by atoms with Crippen LogP contribution in [0.15, 0.2) is 36.4 Å². The normalized spacial score (nSPS) is 10.3. The lowest BCUT2D eigenvalue weighted by Crippen LogP contribution is -2.08. The van der Waals surface area contributed by atoms with Gasteiger partial charge in [-0.2, -0.15) is 0 Å². The lowest BCUT2D eigenvalue weighted by molar-refractivity contribution is 0.0600. The molecule has 0 saturated carbocycles. The van der Waals surface area contributed by atoms with E-state index in [0.717, 1.165) is 17.8 Å². The minimum atomic E-state index is -0.303. The number of esters is 1. The Morgan fingerprint density at radius 3 is 2.48 bits per heavy atom. The molecule has 2 aromatic rings. The maximum absolute atomic E-state index is 11.7. The highest BCUT2D eigenvalue weighted by atomic mass is 16.5. The lowest BCUT2D eigenvalue weighted by atomic mass is 10.0. The number of ether oxygens (including phenoxy) is 1. The first-order chi connectivity index (χ1) is 10.0. The van der Waals surface area contributed by atoms with Gasteiger partial charge in [0, 0.05) is 12.2 Å². The van der Waals surface area contributed by atoms with Gasteiger partial charge in [-0.3, -0.25) is 0 Å². The Labute approximate surface area is 126 Å². The highest BCUT2D eigenvalue weighted by Crippen LogP contribution is 2.21. The Morgan fingerprint density at radius 2 is 1.76 bits per heavy atom.